The molecule has 1 aliphatic rings. The lowest BCUT2D eigenvalue weighted by Gasteiger charge is -2.36. The van der Waals surface area contributed by atoms with E-state index >= 15 is 0 Å². The number of rotatable bonds is 7. The summed E-state index contributed by atoms with van der Waals surface area (Å²) in [6.45, 7) is 1.92. The molecular weight excluding hydrogens is 489 g/mol. The van der Waals surface area contributed by atoms with E-state index in [4.69, 9.17) is 4.74 Å². The van der Waals surface area contributed by atoms with Crippen molar-refractivity contribution in [2.45, 2.75) is 10.6 Å². The first-order chi connectivity index (χ1) is 17.2. The van der Waals surface area contributed by atoms with Crippen molar-refractivity contribution in [1.29, 1.82) is 0 Å². The summed E-state index contributed by atoms with van der Waals surface area (Å²) in [6.07, 6.45) is 0. The fraction of sp³-hybridized carbons (Fsp3) is 0.240. The number of nitro groups is 1. The van der Waals surface area contributed by atoms with Gasteiger partial charge in [0.2, 0.25) is 0 Å². The maximum absolute atomic E-state index is 14.0. The molecule has 3 aromatic carbocycles. The second-order valence-electron chi connectivity index (χ2n) is 8.27. The lowest BCUT2D eigenvalue weighted by Crippen LogP contribution is -2.48. The topological polar surface area (TPSA) is 110 Å². The molecule has 1 amide bonds. The number of halogens is 1. The molecule has 3 aromatic rings. The minimum absolute atomic E-state index is 0.0180. The third-order valence-corrected chi connectivity index (χ3v) is 7.75. The smallest absolute Gasteiger partial charge is 0.288 e. The van der Waals surface area contributed by atoms with Crippen LogP contribution in [-0.2, 0) is 15.6 Å². The largest absolute Gasteiger partial charge is 0.497 e. The molecule has 0 aliphatic carbocycles. The van der Waals surface area contributed by atoms with Gasteiger partial charge in [-0.25, -0.2) is 12.8 Å². The molecule has 1 aliphatic heterocycles. The van der Waals surface area contributed by atoms with Crippen molar-refractivity contribution in [3.8, 4) is 5.75 Å². The fourth-order valence-electron chi connectivity index (χ4n) is 4.10. The van der Waals surface area contributed by atoms with Crippen LogP contribution in [-0.4, -0.2) is 57.4 Å². The van der Waals surface area contributed by atoms with E-state index in [1.807, 2.05) is 24.3 Å². The molecule has 0 bridgehead atoms. The lowest BCUT2D eigenvalue weighted by molar-refractivity contribution is -0.387. The van der Waals surface area contributed by atoms with Crippen molar-refractivity contribution < 1.29 is 27.3 Å². The van der Waals surface area contributed by atoms with E-state index in [9.17, 15) is 27.7 Å². The van der Waals surface area contributed by atoms with Gasteiger partial charge in [-0.1, -0.05) is 18.2 Å². The number of methoxy groups -OCH3 is 1. The van der Waals surface area contributed by atoms with E-state index in [2.05, 4.69) is 4.90 Å². The van der Waals surface area contributed by atoms with Gasteiger partial charge >= 0.3 is 0 Å². The number of carbonyl (C=O) groups is 1. The second kappa shape index (κ2) is 10.3. The van der Waals surface area contributed by atoms with Crippen LogP contribution in [0.4, 0.5) is 15.8 Å². The Bertz CT molecular complexity index is 1390. The third kappa shape index (κ3) is 5.30. The summed E-state index contributed by atoms with van der Waals surface area (Å²) in [7, 11) is -2.65. The summed E-state index contributed by atoms with van der Waals surface area (Å²) in [5.74, 6) is -1.13. The molecule has 9 nitrogen and oxygen atoms in total. The minimum atomic E-state index is -4.24. The number of hydrogen-bond acceptors (Lipinski definition) is 7. The molecule has 1 fully saturated rings. The number of hydrogen-bond donors (Lipinski definition) is 0. The quantitative estimate of drug-likeness (QED) is 0.350. The van der Waals surface area contributed by atoms with Crippen LogP contribution in [0.1, 0.15) is 15.9 Å². The molecule has 188 valence electrons. The molecule has 11 heteroatoms. The van der Waals surface area contributed by atoms with Gasteiger partial charge in [-0.3, -0.25) is 14.9 Å². The predicted molar refractivity (Wildman–Crippen MR) is 131 cm³/mol. The molecule has 4 rings (SSSR count). The van der Waals surface area contributed by atoms with Gasteiger partial charge in [-0.15, -0.1) is 0 Å². The van der Waals surface area contributed by atoms with Crippen LogP contribution >= 0.6 is 0 Å². The number of nitrogens with zero attached hydrogens (tertiary/aromatic N) is 3. The first-order valence-electron chi connectivity index (χ1n) is 11.1. The summed E-state index contributed by atoms with van der Waals surface area (Å²) in [5.41, 5.74) is 0.197. The van der Waals surface area contributed by atoms with Crippen LogP contribution in [0.3, 0.4) is 0 Å². The van der Waals surface area contributed by atoms with Crippen LogP contribution in [0.5, 0.6) is 5.75 Å². The molecule has 0 atom stereocenters. The maximum atomic E-state index is 14.0. The SMILES string of the molecule is COc1ccc(N2CCN(C(=O)c3ccc(S(=O)(=O)Cc4ccccc4F)c([N+](=O)[O-])c3)CC2)cc1. The van der Waals surface area contributed by atoms with E-state index in [0.717, 1.165) is 29.6 Å². The first-order valence-corrected chi connectivity index (χ1v) is 12.8. The van der Waals surface area contributed by atoms with Crippen LogP contribution in [0, 0.1) is 15.9 Å². The zero-order valence-corrected chi connectivity index (χ0v) is 20.3. The standard InChI is InChI=1S/C25H24FN3O6S/c1-35-21-9-7-20(8-10-21)27-12-14-28(15-13-27)25(30)18-6-11-24(23(16-18)29(31)32)36(33,34)17-19-4-2-3-5-22(19)26/h2-11,16H,12-15,17H2,1H3. The summed E-state index contributed by atoms with van der Waals surface area (Å²) >= 11 is 0. The summed E-state index contributed by atoms with van der Waals surface area (Å²) < 4.78 is 44.9. The van der Waals surface area contributed by atoms with Gasteiger partial charge in [-0.2, -0.15) is 0 Å². The Balaban J connectivity index is 1.51. The molecular formula is C25H24FN3O6S. The highest BCUT2D eigenvalue weighted by Gasteiger charge is 2.30. The number of sulfone groups is 1. The number of piperazine rings is 1. The van der Waals surface area contributed by atoms with Gasteiger partial charge in [0.15, 0.2) is 9.84 Å². The van der Waals surface area contributed by atoms with E-state index < -0.39 is 42.8 Å². The first kappa shape index (κ1) is 25.1. The molecule has 0 N–H and O–H groups in total. The Morgan fingerprint density at radius 3 is 2.31 bits per heavy atom. The van der Waals surface area contributed by atoms with Crippen LogP contribution in [0.25, 0.3) is 0 Å². The van der Waals surface area contributed by atoms with E-state index in [1.54, 1.807) is 12.0 Å². The van der Waals surface area contributed by atoms with Crippen molar-refractivity contribution in [2.75, 3.05) is 38.2 Å². The lowest BCUT2D eigenvalue weighted by atomic mass is 10.1. The van der Waals surface area contributed by atoms with E-state index in [1.165, 1.54) is 24.3 Å². The van der Waals surface area contributed by atoms with Crippen LogP contribution in [0.15, 0.2) is 71.6 Å². The van der Waals surface area contributed by atoms with Crippen molar-refractivity contribution in [1.82, 2.24) is 4.90 Å². The molecule has 0 spiro atoms. The summed E-state index contributed by atoms with van der Waals surface area (Å²) in [5, 5.41) is 11.7. The Morgan fingerprint density at radius 2 is 1.69 bits per heavy atom. The third-order valence-electron chi connectivity index (χ3n) is 6.05. The monoisotopic (exact) mass is 513 g/mol. The Kier molecular flexibility index (Phi) is 7.20. The highest BCUT2D eigenvalue weighted by molar-refractivity contribution is 7.90. The van der Waals surface area contributed by atoms with E-state index in [-0.39, 0.29) is 11.1 Å². The van der Waals surface area contributed by atoms with Gasteiger partial charge < -0.3 is 14.5 Å². The predicted octanol–water partition coefficient (Wildman–Crippen LogP) is 3.68. The summed E-state index contributed by atoms with van der Waals surface area (Å²) in [6, 6.07) is 16.2. The molecule has 0 unspecified atom stereocenters. The number of amides is 1. The van der Waals surface area contributed by atoms with Gasteiger partial charge in [0.05, 0.1) is 17.8 Å². The average molecular weight is 514 g/mol. The zero-order valence-electron chi connectivity index (χ0n) is 19.5. The highest BCUT2D eigenvalue weighted by atomic mass is 32.2. The minimum Gasteiger partial charge on any atom is -0.497 e. The van der Waals surface area contributed by atoms with Crippen molar-refractivity contribution >= 4 is 27.1 Å². The normalized spacial score (nSPS) is 13.9. The number of ether oxygens (including phenoxy) is 1. The highest BCUT2D eigenvalue weighted by Crippen LogP contribution is 2.29. The van der Waals surface area contributed by atoms with Crippen LogP contribution in [0.2, 0.25) is 0 Å². The molecule has 0 aromatic heterocycles. The average Bonchev–Trinajstić information content (AvgIpc) is 2.89. The molecule has 0 saturated carbocycles. The van der Waals surface area contributed by atoms with Gasteiger partial charge in [0, 0.05) is 49.1 Å². The summed E-state index contributed by atoms with van der Waals surface area (Å²) in [4.78, 5) is 27.1. The maximum Gasteiger partial charge on any atom is 0.288 e. The Hall–Kier alpha value is -3.99. The Labute approximate surface area is 207 Å². The molecule has 1 saturated heterocycles. The van der Waals surface area contributed by atoms with E-state index in [0.29, 0.717) is 26.2 Å². The second-order valence-corrected chi connectivity index (χ2v) is 10.2. The van der Waals surface area contributed by atoms with Crippen molar-refractivity contribution in [3.63, 3.8) is 0 Å². The zero-order chi connectivity index (χ0) is 25.9. The molecule has 0 radical (unpaired) electrons. The van der Waals surface area contributed by atoms with Gasteiger partial charge in [-0.05, 0) is 42.5 Å². The molecule has 36 heavy (non-hydrogen) atoms. The Morgan fingerprint density at radius 1 is 1.03 bits per heavy atom. The number of nitro benzene ring substituents is 1. The number of anilines is 1. The van der Waals surface area contributed by atoms with Gasteiger partial charge in [0.1, 0.15) is 16.5 Å². The van der Waals surface area contributed by atoms with Gasteiger partial charge in [0.25, 0.3) is 11.6 Å². The number of carbonyl (C=O) groups excluding carboxylic acids is 1. The van der Waals surface area contributed by atoms with Crippen molar-refractivity contribution in [2.24, 2.45) is 0 Å². The van der Waals surface area contributed by atoms with Crippen LogP contribution < -0.4 is 9.64 Å². The number of benzene rings is 3. The fourth-order valence-corrected chi connectivity index (χ4v) is 5.62. The molecule has 1 heterocycles. The van der Waals surface area contributed by atoms with Crippen molar-refractivity contribution in [3.05, 3.63) is 93.8 Å².